The second-order valence-corrected chi connectivity index (χ2v) is 8.47. The molecule has 1 aromatic heterocycles. The molecule has 0 radical (unpaired) electrons. The van der Waals surface area contributed by atoms with Crippen molar-refractivity contribution < 1.29 is 31.8 Å². The van der Waals surface area contributed by atoms with Gasteiger partial charge in [-0.25, -0.2) is 4.79 Å². The zero-order valence-corrected chi connectivity index (χ0v) is 18.4. The maximum atomic E-state index is 13.6. The van der Waals surface area contributed by atoms with Crippen LogP contribution in [0.4, 0.5) is 22.4 Å². The van der Waals surface area contributed by atoms with Gasteiger partial charge in [-0.1, -0.05) is 30.3 Å². The molecule has 4 rings (SSSR count). The molecule has 0 N–H and O–H groups in total. The van der Waals surface area contributed by atoms with Crippen molar-refractivity contribution >= 4 is 17.4 Å². The van der Waals surface area contributed by atoms with Gasteiger partial charge in [0.05, 0.1) is 5.69 Å². The average Bonchev–Trinajstić information content (AvgIpc) is 3.12. The highest BCUT2D eigenvalue weighted by Crippen LogP contribution is 2.47. The fraction of sp³-hybridized carbons (Fsp3) is 0.273. The number of hydrogen-bond donors (Lipinski definition) is 0. The molecular formula is C22H19F4N3O3S. The van der Waals surface area contributed by atoms with Crippen LogP contribution in [0.3, 0.4) is 0 Å². The van der Waals surface area contributed by atoms with Crippen molar-refractivity contribution in [2.75, 3.05) is 6.54 Å². The Balaban J connectivity index is 1.67. The van der Waals surface area contributed by atoms with Crippen LogP contribution >= 0.6 is 11.3 Å². The Morgan fingerprint density at radius 2 is 1.73 bits per heavy atom. The minimum absolute atomic E-state index is 0.290. The van der Waals surface area contributed by atoms with Crippen molar-refractivity contribution in [2.45, 2.75) is 32.6 Å². The van der Waals surface area contributed by atoms with Gasteiger partial charge in [0.1, 0.15) is 0 Å². The van der Waals surface area contributed by atoms with E-state index in [4.69, 9.17) is 0 Å². The molecule has 2 aromatic carbocycles. The van der Waals surface area contributed by atoms with Crippen LogP contribution < -0.4 is 14.3 Å². The molecule has 2 heterocycles. The molecule has 11 heteroatoms. The molecule has 33 heavy (non-hydrogen) atoms. The smallest absolute Gasteiger partial charge is 0.421 e. The largest absolute Gasteiger partial charge is 0.507 e. The van der Waals surface area contributed by atoms with Crippen molar-refractivity contribution in [2.24, 2.45) is 4.99 Å². The normalized spacial score (nSPS) is 16.5. The molecule has 0 spiro atoms. The van der Waals surface area contributed by atoms with Gasteiger partial charge < -0.3 is 14.4 Å². The van der Waals surface area contributed by atoms with E-state index >= 15 is 0 Å². The van der Waals surface area contributed by atoms with Crippen molar-refractivity contribution in [1.82, 2.24) is 9.47 Å². The van der Waals surface area contributed by atoms with Gasteiger partial charge in [0.15, 0.2) is 16.3 Å². The molecule has 2 amide bonds. The van der Waals surface area contributed by atoms with Gasteiger partial charge >= 0.3 is 18.2 Å². The predicted molar refractivity (Wildman–Crippen MR) is 113 cm³/mol. The molecule has 1 aliphatic rings. The number of ether oxygens (including phenoxy) is 2. The van der Waals surface area contributed by atoms with Crippen LogP contribution in [0, 0.1) is 6.92 Å². The zero-order valence-electron chi connectivity index (χ0n) is 17.6. The van der Waals surface area contributed by atoms with Gasteiger partial charge in [0.25, 0.3) is 0 Å². The Kier molecular flexibility index (Phi) is 5.91. The number of benzene rings is 2. The van der Waals surface area contributed by atoms with Crippen molar-refractivity contribution in [3.63, 3.8) is 0 Å². The number of nitrogens with zero attached hydrogens (tertiary/aromatic N) is 3. The molecule has 3 aromatic rings. The number of fused-ring (bicyclic) bond motifs is 1. The minimum atomic E-state index is -4.82. The fourth-order valence-corrected chi connectivity index (χ4v) is 4.02. The summed E-state index contributed by atoms with van der Waals surface area (Å²) in [6.07, 6.45) is -7.96. The number of rotatable bonds is 4. The van der Waals surface area contributed by atoms with Crippen LogP contribution in [0.5, 0.6) is 11.5 Å². The van der Waals surface area contributed by atoms with Crippen molar-refractivity contribution in [1.29, 1.82) is 0 Å². The lowest BCUT2D eigenvalue weighted by atomic mass is 10.2. The summed E-state index contributed by atoms with van der Waals surface area (Å²) in [6.45, 7) is 4.42. The van der Waals surface area contributed by atoms with Gasteiger partial charge in [0, 0.05) is 30.2 Å². The summed E-state index contributed by atoms with van der Waals surface area (Å²) in [4.78, 5) is 19.7. The number of carbonyl (C=O) groups is 1. The van der Waals surface area contributed by atoms with E-state index in [2.05, 4.69) is 14.5 Å². The molecule has 0 unspecified atom stereocenters. The SMILES string of the molecule is CCN(Cc1ccccc1)C(=O)/N=c1\sc(C)cn1-c1ccc2c(c1)OC(F)(F)C(F)(F)O2. The molecule has 0 atom stereocenters. The molecule has 174 valence electrons. The Hall–Kier alpha value is -3.34. The second kappa shape index (κ2) is 8.54. The maximum Gasteiger partial charge on any atom is 0.507 e. The molecular weight excluding hydrogens is 462 g/mol. The molecule has 0 saturated carbocycles. The van der Waals surface area contributed by atoms with Gasteiger partial charge in [-0.2, -0.15) is 22.6 Å². The van der Waals surface area contributed by atoms with Crippen LogP contribution in [0.2, 0.25) is 0 Å². The number of halogens is 4. The fourth-order valence-electron chi connectivity index (χ4n) is 3.19. The van der Waals surface area contributed by atoms with E-state index in [1.807, 2.05) is 37.3 Å². The summed E-state index contributed by atoms with van der Waals surface area (Å²) in [5.41, 5.74) is 1.24. The van der Waals surface area contributed by atoms with E-state index in [1.54, 1.807) is 18.0 Å². The molecule has 0 fully saturated rings. The summed E-state index contributed by atoms with van der Waals surface area (Å²) in [6, 6.07) is 12.6. The van der Waals surface area contributed by atoms with Crippen LogP contribution in [0.1, 0.15) is 17.4 Å². The highest BCUT2D eigenvalue weighted by Gasteiger charge is 2.65. The third kappa shape index (κ3) is 4.58. The Morgan fingerprint density at radius 1 is 1.06 bits per heavy atom. The lowest BCUT2D eigenvalue weighted by Crippen LogP contribution is -2.52. The summed E-state index contributed by atoms with van der Waals surface area (Å²) in [7, 11) is 0. The first-order chi connectivity index (χ1) is 15.6. The summed E-state index contributed by atoms with van der Waals surface area (Å²) < 4.78 is 63.8. The number of urea groups is 1. The number of hydrogen-bond acceptors (Lipinski definition) is 4. The third-order valence-electron chi connectivity index (χ3n) is 4.85. The molecule has 1 aliphatic heterocycles. The quantitative estimate of drug-likeness (QED) is 0.473. The Labute approximate surface area is 190 Å². The zero-order chi connectivity index (χ0) is 23.8. The first-order valence-corrected chi connectivity index (χ1v) is 10.8. The van der Waals surface area contributed by atoms with Crippen LogP contribution in [0.15, 0.2) is 59.7 Å². The van der Waals surface area contributed by atoms with Gasteiger partial charge in [0.2, 0.25) is 0 Å². The van der Waals surface area contributed by atoms with E-state index in [9.17, 15) is 22.4 Å². The number of alkyl halides is 4. The monoisotopic (exact) mass is 481 g/mol. The lowest BCUT2D eigenvalue weighted by Gasteiger charge is -2.31. The average molecular weight is 481 g/mol. The third-order valence-corrected chi connectivity index (χ3v) is 5.75. The number of aryl methyl sites for hydroxylation is 1. The second-order valence-electron chi connectivity index (χ2n) is 7.26. The van der Waals surface area contributed by atoms with Crippen molar-refractivity contribution in [3.05, 3.63) is 70.0 Å². The lowest BCUT2D eigenvalue weighted by molar-refractivity contribution is -0.391. The topological polar surface area (TPSA) is 56.1 Å². The minimum Gasteiger partial charge on any atom is -0.421 e. The highest BCUT2D eigenvalue weighted by atomic mass is 32.1. The first-order valence-electron chi connectivity index (χ1n) is 9.94. The van der Waals surface area contributed by atoms with E-state index in [0.29, 0.717) is 18.8 Å². The van der Waals surface area contributed by atoms with Gasteiger partial charge in [-0.05, 0) is 31.5 Å². The van der Waals surface area contributed by atoms with E-state index in [0.717, 1.165) is 22.6 Å². The summed E-state index contributed by atoms with van der Waals surface area (Å²) in [5, 5.41) is 0. The van der Waals surface area contributed by atoms with Gasteiger partial charge in [-0.15, -0.1) is 11.3 Å². The maximum absolute atomic E-state index is 13.6. The van der Waals surface area contributed by atoms with E-state index < -0.39 is 29.7 Å². The Morgan fingerprint density at radius 3 is 2.39 bits per heavy atom. The standard InChI is InChI=1S/C22H19F4N3O3S/c1-3-28(13-15-7-5-4-6-8-15)19(30)27-20-29(12-14(2)33-20)16-9-10-17-18(11-16)32-22(25,26)21(23,24)31-17/h4-12H,3,13H2,1-2H3/b27-20-. The highest BCUT2D eigenvalue weighted by molar-refractivity contribution is 7.09. The van der Waals surface area contributed by atoms with Crippen LogP contribution in [-0.4, -0.2) is 34.3 Å². The van der Waals surface area contributed by atoms with Crippen LogP contribution in [-0.2, 0) is 6.54 Å². The number of amides is 2. The molecule has 0 saturated heterocycles. The summed E-state index contributed by atoms with van der Waals surface area (Å²) in [5.74, 6) is -1.06. The molecule has 0 aliphatic carbocycles. The first kappa shape index (κ1) is 22.8. The van der Waals surface area contributed by atoms with E-state index in [-0.39, 0.29) is 4.80 Å². The molecule has 6 nitrogen and oxygen atoms in total. The van der Waals surface area contributed by atoms with E-state index in [1.165, 1.54) is 22.0 Å². The van der Waals surface area contributed by atoms with Crippen molar-refractivity contribution in [3.8, 4) is 17.2 Å². The number of thiazole rings is 1. The predicted octanol–water partition coefficient (Wildman–Crippen LogP) is 5.35. The summed E-state index contributed by atoms with van der Waals surface area (Å²) >= 11 is 1.22. The number of aromatic nitrogens is 1. The van der Waals surface area contributed by atoms with Crippen LogP contribution in [0.25, 0.3) is 5.69 Å². The molecule has 0 bridgehead atoms. The van der Waals surface area contributed by atoms with Gasteiger partial charge in [-0.3, -0.25) is 4.57 Å². The number of carbonyl (C=O) groups excluding carboxylic acids is 1. The Bertz CT molecular complexity index is 1240.